The predicted molar refractivity (Wildman–Crippen MR) is 63.6 cm³/mol. The number of benzene rings is 2. The molecule has 2 rings (SSSR count). The fourth-order valence-corrected chi connectivity index (χ4v) is 1.92. The van der Waals surface area contributed by atoms with Crippen molar-refractivity contribution < 1.29 is 9.53 Å². The largest absolute Gasteiger partial charge is 0.496 e. The van der Waals surface area contributed by atoms with Crippen LogP contribution >= 0.6 is 15.9 Å². The lowest BCUT2D eigenvalue weighted by Crippen LogP contribution is -1.88. The van der Waals surface area contributed by atoms with E-state index in [1.54, 1.807) is 13.2 Å². The second-order valence-electron chi connectivity index (χ2n) is 3.21. The van der Waals surface area contributed by atoms with E-state index in [-0.39, 0.29) is 0 Å². The SMILES string of the molecule is COc1cc(C=O)cc2ccc(Br)cc12. The van der Waals surface area contributed by atoms with Gasteiger partial charge in [-0.15, -0.1) is 0 Å². The van der Waals surface area contributed by atoms with Gasteiger partial charge in [-0.25, -0.2) is 0 Å². The van der Waals surface area contributed by atoms with Crippen molar-refractivity contribution in [2.45, 2.75) is 0 Å². The number of aldehydes is 1. The molecular formula is C12H9BrO2. The van der Waals surface area contributed by atoms with Crippen LogP contribution in [0.1, 0.15) is 10.4 Å². The molecular weight excluding hydrogens is 256 g/mol. The number of fused-ring (bicyclic) bond motifs is 1. The molecule has 0 aliphatic rings. The molecule has 0 radical (unpaired) electrons. The van der Waals surface area contributed by atoms with Crippen molar-refractivity contribution in [3.63, 3.8) is 0 Å². The third-order valence-corrected chi connectivity index (χ3v) is 2.75. The first kappa shape index (κ1) is 10.2. The number of carbonyl (C=O) groups is 1. The highest BCUT2D eigenvalue weighted by molar-refractivity contribution is 9.10. The maximum atomic E-state index is 10.7. The number of methoxy groups -OCH3 is 1. The Morgan fingerprint density at radius 1 is 1.27 bits per heavy atom. The van der Waals surface area contributed by atoms with E-state index in [0.717, 1.165) is 27.3 Å². The van der Waals surface area contributed by atoms with E-state index in [1.165, 1.54) is 0 Å². The summed E-state index contributed by atoms with van der Waals surface area (Å²) in [7, 11) is 1.60. The second-order valence-corrected chi connectivity index (χ2v) is 4.12. The molecule has 0 aliphatic carbocycles. The molecule has 0 fully saturated rings. The minimum absolute atomic E-state index is 0.627. The molecule has 0 heterocycles. The Kier molecular flexibility index (Phi) is 2.73. The molecule has 0 saturated carbocycles. The van der Waals surface area contributed by atoms with Crippen LogP contribution in [0.3, 0.4) is 0 Å². The zero-order valence-corrected chi connectivity index (χ0v) is 9.74. The maximum absolute atomic E-state index is 10.7. The van der Waals surface area contributed by atoms with Gasteiger partial charge < -0.3 is 4.74 Å². The zero-order chi connectivity index (χ0) is 10.8. The highest BCUT2D eigenvalue weighted by Gasteiger charge is 2.04. The Bertz CT molecular complexity index is 520. The third-order valence-electron chi connectivity index (χ3n) is 2.26. The molecule has 15 heavy (non-hydrogen) atoms. The summed E-state index contributed by atoms with van der Waals surface area (Å²) in [6.45, 7) is 0. The summed E-state index contributed by atoms with van der Waals surface area (Å²) in [6, 6.07) is 9.45. The molecule has 0 atom stereocenters. The number of carbonyl (C=O) groups excluding carboxylic acids is 1. The highest BCUT2D eigenvalue weighted by Crippen LogP contribution is 2.29. The van der Waals surface area contributed by atoms with Gasteiger partial charge in [-0.3, -0.25) is 4.79 Å². The van der Waals surface area contributed by atoms with Crippen LogP contribution in [0.5, 0.6) is 5.75 Å². The first-order chi connectivity index (χ1) is 7.24. The quantitative estimate of drug-likeness (QED) is 0.777. The van der Waals surface area contributed by atoms with Gasteiger partial charge in [0.2, 0.25) is 0 Å². The Hall–Kier alpha value is -1.35. The molecule has 2 nitrogen and oxygen atoms in total. The van der Waals surface area contributed by atoms with E-state index in [4.69, 9.17) is 4.74 Å². The van der Waals surface area contributed by atoms with Crippen LogP contribution in [0.25, 0.3) is 10.8 Å². The van der Waals surface area contributed by atoms with Crippen molar-refractivity contribution in [2.75, 3.05) is 7.11 Å². The van der Waals surface area contributed by atoms with Crippen LogP contribution in [0.4, 0.5) is 0 Å². The molecule has 0 N–H and O–H groups in total. The van der Waals surface area contributed by atoms with Gasteiger partial charge in [-0.1, -0.05) is 22.0 Å². The molecule has 76 valence electrons. The van der Waals surface area contributed by atoms with Crippen LogP contribution in [-0.4, -0.2) is 13.4 Å². The average molecular weight is 265 g/mol. The number of rotatable bonds is 2. The van der Waals surface area contributed by atoms with E-state index < -0.39 is 0 Å². The topological polar surface area (TPSA) is 26.3 Å². The number of halogens is 1. The molecule has 0 aliphatic heterocycles. The Labute approximate surface area is 96.0 Å². The van der Waals surface area contributed by atoms with Gasteiger partial charge in [0.15, 0.2) is 0 Å². The van der Waals surface area contributed by atoms with Gasteiger partial charge in [-0.2, -0.15) is 0 Å². The van der Waals surface area contributed by atoms with Gasteiger partial charge in [0, 0.05) is 15.4 Å². The van der Waals surface area contributed by atoms with Crippen LogP contribution in [0.2, 0.25) is 0 Å². The average Bonchev–Trinajstić information content (AvgIpc) is 2.27. The van der Waals surface area contributed by atoms with E-state index in [1.807, 2.05) is 24.3 Å². The summed E-state index contributed by atoms with van der Waals surface area (Å²) in [6.07, 6.45) is 0.823. The van der Waals surface area contributed by atoms with Crippen molar-refractivity contribution in [2.24, 2.45) is 0 Å². The number of ether oxygens (including phenoxy) is 1. The molecule has 0 aromatic heterocycles. The molecule has 0 unspecified atom stereocenters. The van der Waals surface area contributed by atoms with E-state index in [9.17, 15) is 4.79 Å². The molecule has 0 saturated heterocycles. The molecule has 3 heteroatoms. The van der Waals surface area contributed by atoms with Crippen LogP contribution < -0.4 is 4.74 Å². The zero-order valence-electron chi connectivity index (χ0n) is 8.16. The van der Waals surface area contributed by atoms with Gasteiger partial charge in [0.05, 0.1) is 7.11 Å². The van der Waals surface area contributed by atoms with Crippen molar-refractivity contribution in [3.05, 3.63) is 40.4 Å². The summed E-state index contributed by atoms with van der Waals surface area (Å²) >= 11 is 3.41. The molecule has 0 bridgehead atoms. The molecule has 0 amide bonds. The maximum Gasteiger partial charge on any atom is 0.150 e. The van der Waals surface area contributed by atoms with Gasteiger partial charge in [0.1, 0.15) is 12.0 Å². The van der Waals surface area contributed by atoms with Crippen LogP contribution in [-0.2, 0) is 0 Å². The predicted octanol–water partition coefficient (Wildman–Crippen LogP) is 3.42. The van der Waals surface area contributed by atoms with Gasteiger partial charge >= 0.3 is 0 Å². The van der Waals surface area contributed by atoms with E-state index >= 15 is 0 Å². The number of hydrogen-bond acceptors (Lipinski definition) is 2. The molecule has 0 spiro atoms. The summed E-state index contributed by atoms with van der Waals surface area (Å²) < 4.78 is 6.24. The van der Waals surface area contributed by atoms with Gasteiger partial charge in [-0.05, 0) is 29.7 Å². The minimum atomic E-state index is 0.627. The highest BCUT2D eigenvalue weighted by atomic mass is 79.9. The summed E-state index contributed by atoms with van der Waals surface area (Å²) in [5.41, 5.74) is 0.627. The molecule has 2 aromatic carbocycles. The lowest BCUT2D eigenvalue weighted by Gasteiger charge is -2.06. The van der Waals surface area contributed by atoms with Crippen molar-refractivity contribution in [3.8, 4) is 5.75 Å². The van der Waals surface area contributed by atoms with Crippen LogP contribution in [0.15, 0.2) is 34.8 Å². The van der Waals surface area contributed by atoms with E-state index in [2.05, 4.69) is 15.9 Å². The fourth-order valence-electron chi connectivity index (χ4n) is 1.56. The molecule has 2 aromatic rings. The second kappa shape index (κ2) is 4.03. The summed E-state index contributed by atoms with van der Waals surface area (Å²) in [5, 5.41) is 2.00. The lowest BCUT2D eigenvalue weighted by molar-refractivity contribution is 0.112. The minimum Gasteiger partial charge on any atom is -0.496 e. The smallest absolute Gasteiger partial charge is 0.150 e. The first-order valence-corrected chi connectivity index (χ1v) is 5.26. The summed E-state index contributed by atoms with van der Waals surface area (Å²) in [5.74, 6) is 0.718. The normalized spacial score (nSPS) is 10.3. The van der Waals surface area contributed by atoms with Crippen LogP contribution in [0, 0.1) is 0 Å². The Morgan fingerprint density at radius 2 is 2.07 bits per heavy atom. The van der Waals surface area contributed by atoms with Crippen molar-refractivity contribution in [1.29, 1.82) is 0 Å². The van der Waals surface area contributed by atoms with E-state index in [0.29, 0.717) is 5.56 Å². The van der Waals surface area contributed by atoms with Gasteiger partial charge in [0.25, 0.3) is 0 Å². The standard InChI is InChI=1S/C12H9BrO2/c1-15-12-5-8(7-14)4-9-2-3-10(13)6-11(9)12/h2-7H,1H3. The Balaban J connectivity index is 2.80. The number of hydrogen-bond donors (Lipinski definition) is 0. The third kappa shape index (κ3) is 1.88. The fraction of sp³-hybridized carbons (Fsp3) is 0.0833. The summed E-state index contributed by atoms with van der Waals surface area (Å²) in [4.78, 5) is 10.7. The Morgan fingerprint density at radius 3 is 2.73 bits per heavy atom. The van der Waals surface area contributed by atoms with Crippen molar-refractivity contribution in [1.82, 2.24) is 0 Å². The first-order valence-electron chi connectivity index (χ1n) is 4.47. The van der Waals surface area contributed by atoms with Crippen molar-refractivity contribution >= 4 is 33.0 Å². The monoisotopic (exact) mass is 264 g/mol. The lowest BCUT2D eigenvalue weighted by atomic mass is 10.1.